The van der Waals surface area contributed by atoms with Crippen molar-refractivity contribution in [1.29, 1.82) is 0 Å². The van der Waals surface area contributed by atoms with Crippen LogP contribution in [0.2, 0.25) is 0 Å². The molecule has 0 spiro atoms. The fourth-order valence-corrected chi connectivity index (χ4v) is 4.64. The van der Waals surface area contributed by atoms with E-state index < -0.39 is 11.9 Å². The van der Waals surface area contributed by atoms with Crippen LogP contribution in [0.5, 0.6) is 0 Å². The van der Waals surface area contributed by atoms with E-state index >= 15 is 0 Å². The number of rotatable bonds is 4. The van der Waals surface area contributed by atoms with Gasteiger partial charge in [0, 0.05) is 31.2 Å². The van der Waals surface area contributed by atoms with E-state index in [1.54, 1.807) is 29.6 Å². The van der Waals surface area contributed by atoms with Gasteiger partial charge in [-0.1, -0.05) is 0 Å². The van der Waals surface area contributed by atoms with Gasteiger partial charge in [0.1, 0.15) is 11.5 Å². The third kappa shape index (κ3) is 4.10. The highest BCUT2D eigenvalue weighted by molar-refractivity contribution is 5.98. The monoisotopic (exact) mass is 455 g/mol. The molecule has 0 aromatic carbocycles. The normalized spacial score (nSPS) is 21.9. The average molecular weight is 455 g/mol. The lowest BCUT2D eigenvalue weighted by Crippen LogP contribution is -2.48. The number of nitrogens with zero attached hydrogens (tertiary/aromatic N) is 6. The molecular formula is C22H20F3N7O. The van der Waals surface area contributed by atoms with E-state index in [0.29, 0.717) is 30.0 Å². The summed E-state index contributed by atoms with van der Waals surface area (Å²) < 4.78 is 38.2. The maximum atomic E-state index is 13.5. The Morgan fingerprint density at radius 3 is 2.52 bits per heavy atom. The van der Waals surface area contributed by atoms with Crippen molar-refractivity contribution < 1.29 is 18.0 Å². The summed E-state index contributed by atoms with van der Waals surface area (Å²) in [6.45, 7) is 2.49. The van der Waals surface area contributed by atoms with Crippen LogP contribution in [0.4, 0.5) is 19.0 Å². The number of likely N-dealkylation sites (tertiary alicyclic amines) is 1. The van der Waals surface area contributed by atoms with Gasteiger partial charge in [-0.2, -0.15) is 13.2 Å². The number of hydrogen-bond acceptors (Lipinski definition) is 7. The molecule has 3 aromatic heterocycles. The lowest BCUT2D eigenvalue weighted by atomic mass is 10.0. The number of piperidine rings is 1. The number of fused-ring (bicyclic) bond motifs is 2. The molecule has 0 radical (unpaired) electrons. The lowest BCUT2D eigenvalue weighted by molar-refractivity contribution is -0.141. The maximum Gasteiger partial charge on any atom is 0.434 e. The molecule has 1 saturated heterocycles. The molecule has 1 saturated carbocycles. The summed E-state index contributed by atoms with van der Waals surface area (Å²) in [5.41, 5.74) is 0.699. The molecule has 2 bridgehead atoms. The van der Waals surface area contributed by atoms with Gasteiger partial charge in [0.15, 0.2) is 11.5 Å². The predicted molar refractivity (Wildman–Crippen MR) is 112 cm³/mol. The Labute approximate surface area is 187 Å². The molecule has 1 N–H and O–H groups in total. The molecule has 2 fully saturated rings. The SMILES string of the molecule is Cc1cnc(C(=O)N2C[C@@H]3C[C@@H](Nc4cnc(C(F)(F)F)cn4)[C@@H]2C3)c(-c2ncccn2)c1. The minimum atomic E-state index is -4.54. The largest absolute Gasteiger partial charge is 0.434 e. The number of carbonyl (C=O) groups excluding carboxylic acids is 1. The van der Waals surface area contributed by atoms with E-state index in [9.17, 15) is 18.0 Å². The van der Waals surface area contributed by atoms with Crippen LogP contribution in [0.1, 0.15) is 34.6 Å². The van der Waals surface area contributed by atoms with Crippen LogP contribution in [0, 0.1) is 12.8 Å². The molecule has 8 nitrogen and oxygen atoms in total. The molecule has 170 valence electrons. The van der Waals surface area contributed by atoms with Crippen molar-refractivity contribution in [2.45, 2.75) is 38.0 Å². The Morgan fingerprint density at radius 1 is 1.06 bits per heavy atom. The first kappa shape index (κ1) is 21.2. The van der Waals surface area contributed by atoms with E-state index in [2.05, 4.69) is 30.2 Å². The number of anilines is 1. The Balaban J connectivity index is 1.37. The number of amides is 1. The van der Waals surface area contributed by atoms with Crippen molar-refractivity contribution in [2.24, 2.45) is 5.92 Å². The fourth-order valence-electron chi connectivity index (χ4n) is 4.64. The number of carbonyl (C=O) groups is 1. The van der Waals surface area contributed by atoms with Gasteiger partial charge in [0.25, 0.3) is 5.91 Å². The van der Waals surface area contributed by atoms with Crippen molar-refractivity contribution >= 4 is 11.7 Å². The number of aromatic nitrogens is 5. The molecule has 5 rings (SSSR count). The van der Waals surface area contributed by atoms with Crippen molar-refractivity contribution in [1.82, 2.24) is 29.8 Å². The van der Waals surface area contributed by atoms with Gasteiger partial charge in [0.05, 0.1) is 24.0 Å². The summed E-state index contributed by atoms with van der Waals surface area (Å²) >= 11 is 0. The first-order chi connectivity index (χ1) is 15.8. The van der Waals surface area contributed by atoms with Gasteiger partial charge in [-0.3, -0.25) is 9.78 Å². The molecule has 1 amide bonds. The van der Waals surface area contributed by atoms with E-state index in [0.717, 1.165) is 24.6 Å². The third-order valence-electron chi connectivity index (χ3n) is 6.05. The van der Waals surface area contributed by atoms with Gasteiger partial charge in [0.2, 0.25) is 0 Å². The molecule has 4 heterocycles. The van der Waals surface area contributed by atoms with Crippen LogP contribution in [-0.2, 0) is 6.18 Å². The summed E-state index contributed by atoms with van der Waals surface area (Å²) in [5, 5.41) is 3.16. The van der Waals surface area contributed by atoms with Crippen LogP contribution >= 0.6 is 0 Å². The van der Waals surface area contributed by atoms with Crippen molar-refractivity contribution in [3.05, 3.63) is 60.1 Å². The number of halogens is 3. The molecule has 33 heavy (non-hydrogen) atoms. The van der Waals surface area contributed by atoms with Gasteiger partial charge in [-0.25, -0.2) is 19.9 Å². The highest BCUT2D eigenvalue weighted by Crippen LogP contribution is 2.40. The number of nitrogens with one attached hydrogen (secondary N) is 1. The summed E-state index contributed by atoms with van der Waals surface area (Å²) in [7, 11) is 0. The molecule has 0 unspecified atom stereocenters. The first-order valence-electron chi connectivity index (χ1n) is 10.5. The maximum absolute atomic E-state index is 13.5. The minimum absolute atomic E-state index is 0.126. The van der Waals surface area contributed by atoms with Crippen LogP contribution in [-0.4, -0.2) is 54.4 Å². The van der Waals surface area contributed by atoms with Crippen molar-refractivity contribution in [3.8, 4) is 11.4 Å². The van der Waals surface area contributed by atoms with E-state index in [-0.39, 0.29) is 29.5 Å². The van der Waals surface area contributed by atoms with Crippen molar-refractivity contribution in [2.75, 3.05) is 11.9 Å². The first-order valence-corrected chi connectivity index (χ1v) is 10.5. The van der Waals surface area contributed by atoms with E-state index in [1.165, 1.54) is 0 Å². The smallest absolute Gasteiger partial charge is 0.364 e. The number of hydrogen-bond donors (Lipinski definition) is 1. The van der Waals surface area contributed by atoms with Gasteiger partial charge >= 0.3 is 6.18 Å². The van der Waals surface area contributed by atoms with Gasteiger partial charge in [-0.05, 0) is 43.4 Å². The molecule has 1 aliphatic carbocycles. The molecular weight excluding hydrogens is 435 g/mol. The second-order valence-corrected chi connectivity index (χ2v) is 8.38. The molecule has 1 aliphatic heterocycles. The standard InChI is InChI=1S/C22H20F3N7O/c1-12-5-14(20-26-3-2-4-27-20)19(30-8-12)21(33)32-11-13-6-15(16(32)7-13)31-18-10-28-17(9-29-18)22(23,24)25/h2-5,8-10,13,15-16H,6-7,11H2,1H3,(H,29,31)/t13-,15-,16+/m1/s1. The topological polar surface area (TPSA) is 96.8 Å². The minimum Gasteiger partial charge on any atom is -0.364 e. The van der Waals surface area contributed by atoms with Gasteiger partial charge < -0.3 is 10.2 Å². The van der Waals surface area contributed by atoms with E-state index in [1.807, 2.05) is 13.0 Å². The fraction of sp³-hybridized carbons (Fsp3) is 0.364. The van der Waals surface area contributed by atoms with Gasteiger partial charge in [-0.15, -0.1) is 0 Å². The average Bonchev–Trinajstić information content (AvgIpc) is 3.40. The zero-order chi connectivity index (χ0) is 23.2. The second kappa shape index (κ2) is 8.05. The zero-order valence-electron chi connectivity index (χ0n) is 17.6. The quantitative estimate of drug-likeness (QED) is 0.644. The van der Waals surface area contributed by atoms with Crippen LogP contribution in [0.25, 0.3) is 11.4 Å². The molecule has 2 aliphatic rings. The molecule has 3 atom stereocenters. The Hall–Kier alpha value is -3.63. The van der Waals surface area contributed by atoms with Crippen LogP contribution in [0.15, 0.2) is 43.1 Å². The Bertz CT molecular complexity index is 1170. The zero-order valence-corrected chi connectivity index (χ0v) is 17.6. The summed E-state index contributed by atoms with van der Waals surface area (Å²) in [5.74, 6) is 0.756. The van der Waals surface area contributed by atoms with Crippen LogP contribution in [0.3, 0.4) is 0 Å². The predicted octanol–water partition coefficient (Wildman–Crippen LogP) is 3.37. The number of pyridine rings is 1. The third-order valence-corrected chi connectivity index (χ3v) is 6.05. The highest BCUT2D eigenvalue weighted by Gasteiger charge is 2.47. The highest BCUT2D eigenvalue weighted by atomic mass is 19.4. The Kier molecular flexibility index (Phi) is 5.18. The van der Waals surface area contributed by atoms with Crippen molar-refractivity contribution in [3.63, 3.8) is 0 Å². The molecule has 3 aromatic rings. The summed E-state index contributed by atoms with van der Waals surface area (Å²) in [6.07, 6.45) is 3.72. The lowest BCUT2D eigenvalue weighted by Gasteiger charge is -2.34. The number of aryl methyl sites for hydroxylation is 1. The summed E-state index contributed by atoms with van der Waals surface area (Å²) in [4.78, 5) is 35.6. The Morgan fingerprint density at radius 2 is 1.85 bits per heavy atom. The molecule has 11 heteroatoms. The summed E-state index contributed by atoms with van der Waals surface area (Å²) in [6, 6.07) is 3.28. The van der Waals surface area contributed by atoms with E-state index in [4.69, 9.17) is 0 Å². The second-order valence-electron chi connectivity index (χ2n) is 8.38. The van der Waals surface area contributed by atoms with Crippen LogP contribution < -0.4 is 5.32 Å². The number of alkyl halides is 3.